The minimum Gasteiger partial charge on any atom is -0.387 e. The zero-order valence-corrected chi connectivity index (χ0v) is 13.8. The van der Waals surface area contributed by atoms with Crippen LogP contribution in [0.1, 0.15) is 31.9 Å². The summed E-state index contributed by atoms with van der Waals surface area (Å²) in [6.45, 7) is 5.78. The van der Waals surface area contributed by atoms with Crippen LogP contribution in [0.4, 0.5) is 0 Å². The first-order valence-corrected chi connectivity index (χ1v) is 7.58. The Balaban J connectivity index is 1.85. The van der Waals surface area contributed by atoms with Crippen molar-refractivity contribution in [3.05, 3.63) is 35.9 Å². The summed E-state index contributed by atoms with van der Waals surface area (Å²) < 4.78 is 0. The average Bonchev–Trinajstić information content (AvgIpc) is 2.94. The minimum atomic E-state index is -0.156. The predicted octanol–water partition coefficient (Wildman–Crippen LogP) is 2.21. The summed E-state index contributed by atoms with van der Waals surface area (Å²) in [6.07, 6.45) is 0.362. The normalized spacial score (nSPS) is 18.0. The Bertz CT molecular complexity index is 538. The fourth-order valence-electron chi connectivity index (χ4n) is 2.69. The van der Waals surface area contributed by atoms with Crippen LogP contribution in [0.2, 0.25) is 0 Å². The molecule has 1 aliphatic rings. The van der Waals surface area contributed by atoms with Gasteiger partial charge in [-0.25, -0.2) is 0 Å². The molecule has 5 heteroatoms. The van der Waals surface area contributed by atoms with Crippen LogP contribution < -0.4 is 5.32 Å². The molecule has 1 heterocycles. The lowest BCUT2D eigenvalue weighted by atomic mass is 9.93. The van der Waals surface area contributed by atoms with Gasteiger partial charge in [0.25, 0.3) is 5.91 Å². The summed E-state index contributed by atoms with van der Waals surface area (Å²) >= 11 is 0. The van der Waals surface area contributed by atoms with Crippen LogP contribution in [0, 0.1) is 5.41 Å². The van der Waals surface area contributed by atoms with Crippen LogP contribution in [0.15, 0.2) is 35.5 Å². The van der Waals surface area contributed by atoms with Gasteiger partial charge in [-0.15, -0.1) is 0 Å². The van der Waals surface area contributed by atoms with E-state index in [0.717, 1.165) is 12.1 Å². The van der Waals surface area contributed by atoms with E-state index in [-0.39, 0.29) is 17.4 Å². The number of nitrogens with one attached hydrogen (secondary N) is 1. The van der Waals surface area contributed by atoms with E-state index in [4.69, 9.17) is 4.84 Å². The molecule has 5 nitrogen and oxygen atoms in total. The van der Waals surface area contributed by atoms with Gasteiger partial charge < -0.3 is 15.1 Å². The highest BCUT2D eigenvalue weighted by Gasteiger charge is 2.28. The molecule has 1 aromatic carbocycles. The average molecular weight is 303 g/mol. The summed E-state index contributed by atoms with van der Waals surface area (Å²) in [6, 6.07) is 9.85. The summed E-state index contributed by atoms with van der Waals surface area (Å²) in [4.78, 5) is 19.7. The Labute approximate surface area is 132 Å². The smallest absolute Gasteiger partial charge is 0.269 e. The standard InChI is InChI=1S/C17H25N3O2/c1-17(2,12-20(3)4)11-18-16(21)14-10-15(22-19-14)13-8-6-5-7-9-13/h5-9,15H,10-12H2,1-4H3,(H,18,21). The number of carbonyl (C=O) groups is 1. The summed E-state index contributed by atoms with van der Waals surface area (Å²) in [5.41, 5.74) is 1.52. The summed E-state index contributed by atoms with van der Waals surface area (Å²) in [7, 11) is 4.06. The molecule has 0 saturated carbocycles. The number of nitrogens with zero attached hydrogens (tertiary/aromatic N) is 2. The van der Waals surface area contributed by atoms with Gasteiger partial charge in [0.1, 0.15) is 5.71 Å². The second-order valence-corrected chi connectivity index (χ2v) is 6.83. The van der Waals surface area contributed by atoms with E-state index in [1.165, 1.54) is 0 Å². The van der Waals surface area contributed by atoms with Crippen molar-refractivity contribution < 1.29 is 9.63 Å². The van der Waals surface area contributed by atoms with E-state index in [2.05, 4.69) is 29.2 Å². The fourth-order valence-corrected chi connectivity index (χ4v) is 2.69. The lowest BCUT2D eigenvalue weighted by molar-refractivity contribution is -0.115. The number of amides is 1. The van der Waals surface area contributed by atoms with Gasteiger partial charge in [0.05, 0.1) is 0 Å². The molecule has 1 aromatic rings. The van der Waals surface area contributed by atoms with Crippen LogP contribution in [0.3, 0.4) is 0 Å². The lowest BCUT2D eigenvalue weighted by Gasteiger charge is -2.28. The van der Waals surface area contributed by atoms with Crippen LogP contribution >= 0.6 is 0 Å². The molecule has 120 valence electrons. The summed E-state index contributed by atoms with van der Waals surface area (Å²) in [5.74, 6) is -0.134. The molecule has 0 aliphatic carbocycles. The molecule has 1 amide bonds. The number of hydrogen-bond acceptors (Lipinski definition) is 4. The van der Waals surface area contributed by atoms with Gasteiger partial charge in [0, 0.05) is 19.5 Å². The third-order valence-electron chi connectivity index (χ3n) is 3.57. The van der Waals surface area contributed by atoms with Gasteiger partial charge in [0.2, 0.25) is 0 Å². The fraction of sp³-hybridized carbons (Fsp3) is 0.529. The first-order valence-electron chi connectivity index (χ1n) is 7.58. The maximum absolute atomic E-state index is 12.2. The van der Waals surface area contributed by atoms with Crippen LogP contribution in [-0.2, 0) is 9.63 Å². The number of carbonyl (C=O) groups excluding carboxylic acids is 1. The molecule has 0 bridgehead atoms. The van der Waals surface area contributed by atoms with Crippen LogP contribution in [0.5, 0.6) is 0 Å². The van der Waals surface area contributed by atoms with Crippen molar-refractivity contribution in [1.29, 1.82) is 0 Å². The van der Waals surface area contributed by atoms with E-state index >= 15 is 0 Å². The van der Waals surface area contributed by atoms with E-state index in [9.17, 15) is 4.79 Å². The van der Waals surface area contributed by atoms with Crippen LogP contribution in [0.25, 0.3) is 0 Å². The molecule has 0 fully saturated rings. The van der Waals surface area contributed by atoms with Gasteiger partial charge in [-0.05, 0) is 25.1 Å². The first kappa shape index (κ1) is 16.5. The molecule has 1 unspecified atom stereocenters. The zero-order chi connectivity index (χ0) is 16.2. The van der Waals surface area contributed by atoms with Gasteiger partial charge >= 0.3 is 0 Å². The van der Waals surface area contributed by atoms with E-state index in [0.29, 0.717) is 18.7 Å². The molecule has 0 radical (unpaired) electrons. The Morgan fingerprint density at radius 3 is 2.68 bits per heavy atom. The Kier molecular flexibility index (Phi) is 5.19. The lowest BCUT2D eigenvalue weighted by Crippen LogP contribution is -2.42. The molecule has 0 saturated heterocycles. The number of benzene rings is 1. The minimum absolute atomic E-state index is 0.0119. The van der Waals surface area contributed by atoms with Crippen molar-refractivity contribution >= 4 is 11.6 Å². The summed E-state index contributed by atoms with van der Waals surface area (Å²) in [5, 5.41) is 6.92. The van der Waals surface area contributed by atoms with Crippen molar-refractivity contribution in [2.45, 2.75) is 26.4 Å². The van der Waals surface area contributed by atoms with E-state index in [1.807, 2.05) is 44.4 Å². The van der Waals surface area contributed by atoms with Crippen LogP contribution in [-0.4, -0.2) is 43.7 Å². The highest BCUT2D eigenvalue weighted by atomic mass is 16.6. The highest BCUT2D eigenvalue weighted by molar-refractivity contribution is 6.39. The molecule has 1 N–H and O–H groups in total. The van der Waals surface area contributed by atoms with Crippen molar-refractivity contribution in [3.8, 4) is 0 Å². The highest BCUT2D eigenvalue weighted by Crippen LogP contribution is 2.27. The number of rotatable bonds is 6. The molecule has 22 heavy (non-hydrogen) atoms. The van der Waals surface area contributed by atoms with E-state index < -0.39 is 0 Å². The molecule has 2 rings (SSSR count). The van der Waals surface area contributed by atoms with Gasteiger partial charge in [0.15, 0.2) is 6.10 Å². The molecule has 1 aliphatic heterocycles. The van der Waals surface area contributed by atoms with Gasteiger partial charge in [-0.1, -0.05) is 49.3 Å². The zero-order valence-electron chi connectivity index (χ0n) is 13.8. The van der Waals surface area contributed by atoms with Crippen molar-refractivity contribution in [2.24, 2.45) is 10.6 Å². The van der Waals surface area contributed by atoms with Crippen molar-refractivity contribution in [1.82, 2.24) is 10.2 Å². The Morgan fingerprint density at radius 1 is 1.36 bits per heavy atom. The third kappa shape index (κ3) is 4.56. The number of oxime groups is 1. The Morgan fingerprint density at radius 2 is 2.05 bits per heavy atom. The second-order valence-electron chi connectivity index (χ2n) is 6.83. The first-order chi connectivity index (χ1) is 10.4. The molecular weight excluding hydrogens is 278 g/mol. The number of hydrogen-bond donors (Lipinski definition) is 1. The Hall–Kier alpha value is -1.88. The van der Waals surface area contributed by atoms with Gasteiger partial charge in [-0.3, -0.25) is 4.79 Å². The van der Waals surface area contributed by atoms with E-state index in [1.54, 1.807) is 0 Å². The molecular formula is C17H25N3O2. The topological polar surface area (TPSA) is 53.9 Å². The van der Waals surface area contributed by atoms with Gasteiger partial charge in [-0.2, -0.15) is 0 Å². The van der Waals surface area contributed by atoms with Crippen molar-refractivity contribution in [2.75, 3.05) is 27.2 Å². The predicted molar refractivity (Wildman–Crippen MR) is 87.7 cm³/mol. The quantitative estimate of drug-likeness (QED) is 0.876. The monoisotopic (exact) mass is 303 g/mol. The van der Waals surface area contributed by atoms with Crippen molar-refractivity contribution in [3.63, 3.8) is 0 Å². The second kappa shape index (κ2) is 6.92. The maximum atomic E-state index is 12.2. The largest absolute Gasteiger partial charge is 0.387 e. The molecule has 0 spiro atoms. The third-order valence-corrected chi connectivity index (χ3v) is 3.57. The molecule has 1 atom stereocenters. The maximum Gasteiger partial charge on any atom is 0.269 e. The molecule has 0 aromatic heterocycles. The SMILES string of the molecule is CN(C)CC(C)(C)CNC(=O)C1=NOC(c2ccccc2)C1.